The second-order valence-electron chi connectivity index (χ2n) is 8.95. The van der Waals surface area contributed by atoms with Crippen molar-refractivity contribution in [2.24, 2.45) is 0 Å². The van der Waals surface area contributed by atoms with Crippen LogP contribution in [0.3, 0.4) is 0 Å². The maximum Gasteiger partial charge on any atom is 0.319 e. The van der Waals surface area contributed by atoms with Gasteiger partial charge in [0.25, 0.3) is 0 Å². The number of anilines is 1. The van der Waals surface area contributed by atoms with E-state index in [0.717, 1.165) is 18.4 Å². The SMILES string of the molecule is CCCCCCCCCCCCCCCCCCNC(=O)Nc1ccc(CC(=O)O)cc1. The largest absolute Gasteiger partial charge is 0.481 e. The van der Waals surface area contributed by atoms with Crippen molar-refractivity contribution in [2.75, 3.05) is 11.9 Å². The molecule has 0 unspecified atom stereocenters. The third kappa shape index (κ3) is 16.6. The second-order valence-corrected chi connectivity index (χ2v) is 8.95. The highest BCUT2D eigenvalue weighted by molar-refractivity contribution is 5.89. The van der Waals surface area contributed by atoms with Crippen LogP contribution in [0.1, 0.15) is 115 Å². The summed E-state index contributed by atoms with van der Waals surface area (Å²) >= 11 is 0. The summed E-state index contributed by atoms with van der Waals surface area (Å²) in [5, 5.41) is 14.4. The van der Waals surface area contributed by atoms with Crippen LogP contribution in [0.25, 0.3) is 0 Å². The van der Waals surface area contributed by atoms with Gasteiger partial charge >= 0.3 is 12.0 Å². The number of carboxylic acid groups (broad SMARTS) is 1. The van der Waals surface area contributed by atoms with E-state index in [-0.39, 0.29) is 12.5 Å². The number of urea groups is 1. The number of nitrogens with one attached hydrogen (secondary N) is 2. The van der Waals surface area contributed by atoms with Crippen LogP contribution >= 0.6 is 0 Å². The number of carboxylic acids is 1. The molecular formula is C27H46N2O3. The van der Waals surface area contributed by atoms with Crippen LogP contribution in [-0.2, 0) is 11.2 Å². The van der Waals surface area contributed by atoms with Crippen LogP contribution in [0.15, 0.2) is 24.3 Å². The van der Waals surface area contributed by atoms with Gasteiger partial charge in [-0.1, -0.05) is 115 Å². The molecule has 5 nitrogen and oxygen atoms in total. The summed E-state index contributed by atoms with van der Waals surface area (Å²) in [6.07, 6.45) is 21.4. The first-order valence-corrected chi connectivity index (χ1v) is 13.0. The number of hydrogen-bond acceptors (Lipinski definition) is 2. The average Bonchev–Trinajstić information content (AvgIpc) is 2.77. The maximum absolute atomic E-state index is 11.9. The Labute approximate surface area is 195 Å². The Bertz CT molecular complexity index is 601. The number of unbranched alkanes of at least 4 members (excludes halogenated alkanes) is 15. The average molecular weight is 447 g/mol. The van der Waals surface area contributed by atoms with Gasteiger partial charge in [-0.2, -0.15) is 0 Å². The Morgan fingerprint density at radius 3 is 1.56 bits per heavy atom. The van der Waals surface area contributed by atoms with Gasteiger partial charge in [0.1, 0.15) is 0 Å². The lowest BCUT2D eigenvalue weighted by molar-refractivity contribution is -0.136. The molecule has 5 heteroatoms. The Morgan fingerprint density at radius 2 is 1.12 bits per heavy atom. The van der Waals surface area contributed by atoms with E-state index in [9.17, 15) is 9.59 Å². The van der Waals surface area contributed by atoms with Gasteiger partial charge in [-0.05, 0) is 24.1 Å². The number of rotatable bonds is 20. The summed E-state index contributed by atoms with van der Waals surface area (Å²) in [5.74, 6) is -0.859. The Kier molecular flexibility index (Phi) is 17.2. The molecule has 0 spiro atoms. The number of aliphatic carboxylic acids is 1. The number of carbonyl (C=O) groups excluding carboxylic acids is 1. The summed E-state index contributed by atoms with van der Waals surface area (Å²) in [7, 11) is 0. The van der Waals surface area contributed by atoms with E-state index in [1.165, 1.54) is 89.9 Å². The van der Waals surface area contributed by atoms with E-state index in [4.69, 9.17) is 5.11 Å². The normalized spacial score (nSPS) is 10.8. The van der Waals surface area contributed by atoms with Gasteiger partial charge in [0.05, 0.1) is 6.42 Å². The van der Waals surface area contributed by atoms with Gasteiger partial charge in [0, 0.05) is 12.2 Å². The first-order valence-electron chi connectivity index (χ1n) is 13.0. The zero-order chi connectivity index (χ0) is 23.3. The van der Waals surface area contributed by atoms with Crippen molar-refractivity contribution in [1.82, 2.24) is 5.32 Å². The molecule has 0 radical (unpaired) electrons. The lowest BCUT2D eigenvalue weighted by Crippen LogP contribution is -2.29. The highest BCUT2D eigenvalue weighted by atomic mass is 16.4. The molecule has 0 aliphatic heterocycles. The van der Waals surface area contributed by atoms with Crippen molar-refractivity contribution in [3.63, 3.8) is 0 Å². The zero-order valence-electron chi connectivity index (χ0n) is 20.3. The van der Waals surface area contributed by atoms with Gasteiger partial charge < -0.3 is 15.7 Å². The maximum atomic E-state index is 11.9. The minimum atomic E-state index is -0.859. The molecule has 0 fully saturated rings. The summed E-state index contributed by atoms with van der Waals surface area (Å²) in [6.45, 7) is 2.96. The number of hydrogen-bond donors (Lipinski definition) is 3. The fraction of sp³-hybridized carbons (Fsp3) is 0.704. The summed E-state index contributed by atoms with van der Waals surface area (Å²) in [5.41, 5.74) is 1.39. The van der Waals surface area contributed by atoms with Crippen molar-refractivity contribution in [1.29, 1.82) is 0 Å². The molecule has 1 rings (SSSR count). The van der Waals surface area contributed by atoms with Crippen LogP contribution in [0.4, 0.5) is 10.5 Å². The standard InChI is InChI=1S/C27H46N2O3/c1-2-3-4-5-6-7-8-9-10-11-12-13-14-15-16-17-22-28-27(32)29-25-20-18-24(19-21-25)23-26(30)31/h18-21H,2-17,22-23H2,1H3,(H,30,31)(H2,28,29,32). The van der Waals surface area contributed by atoms with Crippen LogP contribution in [0, 0.1) is 0 Å². The molecule has 0 atom stereocenters. The topological polar surface area (TPSA) is 78.4 Å². The molecule has 0 aliphatic rings. The van der Waals surface area contributed by atoms with E-state index in [2.05, 4.69) is 17.6 Å². The van der Waals surface area contributed by atoms with E-state index in [1.807, 2.05) is 0 Å². The minimum absolute atomic E-state index is 0.00820. The first kappa shape index (κ1) is 28.0. The molecule has 0 saturated carbocycles. The smallest absolute Gasteiger partial charge is 0.319 e. The van der Waals surface area contributed by atoms with Crippen molar-refractivity contribution in [2.45, 2.75) is 116 Å². The third-order valence-corrected chi connectivity index (χ3v) is 5.88. The Balaban J connectivity index is 1.85. The molecule has 1 aromatic rings. The van der Waals surface area contributed by atoms with Crippen molar-refractivity contribution >= 4 is 17.7 Å². The number of carbonyl (C=O) groups is 2. The molecule has 32 heavy (non-hydrogen) atoms. The highest BCUT2D eigenvalue weighted by Crippen LogP contribution is 2.14. The van der Waals surface area contributed by atoms with Gasteiger partial charge in [-0.3, -0.25) is 4.79 Å². The lowest BCUT2D eigenvalue weighted by atomic mass is 10.0. The predicted octanol–water partition coefficient (Wildman–Crippen LogP) is 7.70. The van der Waals surface area contributed by atoms with Crippen LogP contribution in [0.5, 0.6) is 0 Å². The fourth-order valence-corrected chi connectivity index (χ4v) is 3.93. The number of amides is 2. The van der Waals surface area contributed by atoms with E-state index in [1.54, 1.807) is 24.3 Å². The lowest BCUT2D eigenvalue weighted by Gasteiger charge is -2.08. The zero-order valence-corrected chi connectivity index (χ0v) is 20.3. The molecule has 1 aromatic carbocycles. The molecule has 0 aromatic heterocycles. The van der Waals surface area contributed by atoms with E-state index < -0.39 is 5.97 Å². The molecule has 0 heterocycles. The van der Waals surface area contributed by atoms with Crippen molar-refractivity contribution in [3.05, 3.63) is 29.8 Å². The first-order chi connectivity index (χ1) is 15.6. The van der Waals surface area contributed by atoms with E-state index in [0.29, 0.717) is 12.2 Å². The van der Waals surface area contributed by atoms with E-state index >= 15 is 0 Å². The third-order valence-electron chi connectivity index (χ3n) is 5.88. The molecular weight excluding hydrogens is 400 g/mol. The fourth-order valence-electron chi connectivity index (χ4n) is 3.93. The summed E-state index contributed by atoms with van der Waals surface area (Å²) in [4.78, 5) is 22.6. The summed E-state index contributed by atoms with van der Waals surface area (Å²) in [6, 6.07) is 6.69. The van der Waals surface area contributed by atoms with Crippen molar-refractivity contribution < 1.29 is 14.7 Å². The summed E-state index contributed by atoms with van der Waals surface area (Å²) < 4.78 is 0. The van der Waals surface area contributed by atoms with Gasteiger partial charge in [-0.15, -0.1) is 0 Å². The van der Waals surface area contributed by atoms with Crippen LogP contribution in [0.2, 0.25) is 0 Å². The molecule has 3 N–H and O–H groups in total. The van der Waals surface area contributed by atoms with Gasteiger partial charge in [0.2, 0.25) is 0 Å². The molecule has 182 valence electrons. The quantitative estimate of drug-likeness (QED) is 0.180. The number of benzene rings is 1. The van der Waals surface area contributed by atoms with Crippen molar-refractivity contribution in [3.8, 4) is 0 Å². The Hall–Kier alpha value is -2.04. The van der Waals surface area contributed by atoms with Crippen LogP contribution in [-0.4, -0.2) is 23.7 Å². The van der Waals surface area contributed by atoms with Gasteiger partial charge in [0.15, 0.2) is 0 Å². The molecule has 0 aliphatic carbocycles. The molecule has 0 bridgehead atoms. The van der Waals surface area contributed by atoms with Crippen LogP contribution < -0.4 is 10.6 Å². The second kappa shape index (κ2) is 19.6. The highest BCUT2D eigenvalue weighted by Gasteiger charge is 2.03. The Morgan fingerprint density at radius 1 is 0.688 bits per heavy atom. The van der Waals surface area contributed by atoms with Gasteiger partial charge in [-0.25, -0.2) is 4.79 Å². The molecule has 0 saturated heterocycles. The predicted molar refractivity (Wildman–Crippen MR) is 134 cm³/mol. The molecule has 2 amide bonds. The minimum Gasteiger partial charge on any atom is -0.481 e. The monoisotopic (exact) mass is 446 g/mol.